The molecule has 1 unspecified atom stereocenters. The Bertz CT molecular complexity index is 565. The van der Waals surface area contributed by atoms with Crippen molar-refractivity contribution in [2.24, 2.45) is 0 Å². The first-order chi connectivity index (χ1) is 8.90. The summed E-state index contributed by atoms with van der Waals surface area (Å²) in [4.78, 5) is 0.345. The molecule has 1 N–H and O–H groups in total. The van der Waals surface area contributed by atoms with E-state index in [1.165, 1.54) is 5.56 Å². The first kappa shape index (κ1) is 14.8. The van der Waals surface area contributed by atoms with Crippen molar-refractivity contribution in [3.8, 4) is 0 Å². The zero-order valence-electron chi connectivity index (χ0n) is 11.4. The van der Waals surface area contributed by atoms with E-state index in [2.05, 4.69) is 4.72 Å². The van der Waals surface area contributed by atoms with Crippen molar-refractivity contribution in [1.82, 2.24) is 4.72 Å². The van der Waals surface area contributed by atoms with Gasteiger partial charge in [0.25, 0.3) is 0 Å². The van der Waals surface area contributed by atoms with Gasteiger partial charge < -0.3 is 0 Å². The molecule has 0 radical (unpaired) electrons. The van der Waals surface area contributed by atoms with Gasteiger partial charge in [-0.2, -0.15) is 0 Å². The van der Waals surface area contributed by atoms with E-state index in [-0.39, 0.29) is 5.88 Å². The van der Waals surface area contributed by atoms with E-state index in [1.54, 1.807) is 12.1 Å². The molecule has 0 heterocycles. The Morgan fingerprint density at radius 1 is 1.32 bits per heavy atom. The molecule has 3 nitrogen and oxygen atoms in total. The summed E-state index contributed by atoms with van der Waals surface area (Å²) in [6.45, 7) is 3.75. The van der Waals surface area contributed by atoms with Crippen LogP contribution in [-0.4, -0.2) is 19.8 Å². The number of benzene rings is 1. The smallest absolute Gasteiger partial charge is 0.207 e. The molecule has 1 aromatic rings. The van der Waals surface area contributed by atoms with E-state index in [0.29, 0.717) is 11.3 Å². The van der Waals surface area contributed by atoms with Crippen molar-refractivity contribution in [2.45, 2.75) is 50.0 Å². The first-order valence-corrected chi connectivity index (χ1v) is 8.64. The van der Waals surface area contributed by atoms with Crippen LogP contribution < -0.4 is 4.72 Å². The monoisotopic (exact) mass is 301 g/mol. The van der Waals surface area contributed by atoms with Gasteiger partial charge in [0.2, 0.25) is 10.0 Å². The van der Waals surface area contributed by atoms with Crippen molar-refractivity contribution in [2.75, 3.05) is 5.88 Å². The predicted octanol–water partition coefficient (Wildman–Crippen LogP) is 2.86. The van der Waals surface area contributed by atoms with E-state index in [0.717, 1.165) is 24.8 Å². The molecule has 0 spiro atoms. The van der Waals surface area contributed by atoms with Gasteiger partial charge in [-0.3, -0.25) is 0 Å². The van der Waals surface area contributed by atoms with Crippen LogP contribution in [0.15, 0.2) is 23.1 Å². The number of fused-ring (bicyclic) bond motifs is 1. The molecule has 0 aliphatic heterocycles. The SMILES string of the molecule is CCC(C)(CCl)NS(=O)(=O)c1ccc2c(c1)CCC2. The predicted molar refractivity (Wildman–Crippen MR) is 78.2 cm³/mol. The van der Waals surface area contributed by atoms with Crippen LogP contribution >= 0.6 is 11.6 Å². The number of hydrogen-bond donors (Lipinski definition) is 1. The quantitative estimate of drug-likeness (QED) is 0.850. The summed E-state index contributed by atoms with van der Waals surface area (Å²) in [5.41, 5.74) is 1.83. The second kappa shape index (κ2) is 5.43. The van der Waals surface area contributed by atoms with Crippen LogP contribution in [0.1, 0.15) is 37.8 Å². The Kier molecular flexibility index (Phi) is 4.23. The molecule has 1 aliphatic rings. The number of halogens is 1. The van der Waals surface area contributed by atoms with Gasteiger partial charge in [0.1, 0.15) is 0 Å². The fourth-order valence-corrected chi connectivity index (χ4v) is 4.16. The lowest BCUT2D eigenvalue weighted by molar-refractivity contribution is 0.444. The summed E-state index contributed by atoms with van der Waals surface area (Å²) >= 11 is 5.87. The lowest BCUT2D eigenvalue weighted by Gasteiger charge is -2.26. The lowest BCUT2D eigenvalue weighted by atomic mass is 10.0. The minimum atomic E-state index is -3.50. The van der Waals surface area contributed by atoms with Crippen LogP contribution in [0.4, 0.5) is 0 Å². The highest BCUT2D eigenvalue weighted by molar-refractivity contribution is 7.89. The Labute approximate surface area is 120 Å². The van der Waals surface area contributed by atoms with Crippen LogP contribution in [0, 0.1) is 0 Å². The zero-order chi connectivity index (χ0) is 14.1. The topological polar surface area (TPSA) is 46.2 Å². The minimum Gasteiger partial charge on any atom is -0.207 e. The van der Waals surface area contributed by atoms with Crippen LogP contribution in [0.3, 0.4) is 0 Å². The van der Waals surface area contributed by atoms with Gasteiger partial charge in [-0.1, -0.05) is 13.0 Å². The number of aryl methyl sites for hydroxylation is 2. The van der Waals surface area contributed by atoms with E-state index in [4.69, 9.17) is 11.6 Å². The van der Waals surface area contributed by atoms with Gasteiger partial charge in [0.05, 0.1) is 4.90 Å². The van der Waals surface area contributed by atoms with Crippen molar-refractivity contribution in [1.29, 1.82) is 0 Å². The van der Waals surface area contributed by atoms with Crippen molar-refractivity contribution < 1.29 is 8.42 Å². The fourth-order valence-electron chi connectivity index (χ4n) is 2.29. The standard InChI is InChI=1S/C14H20ClNO2S/c1-3-14(2,10-15)16-19(17,18)13-8-7-11-5-4-6-12(11)9-13/h7-9,16H,3-6,10H2,1-2H3. The third kappa shape index (κ3) is 3.12. The lowest BCUT2D eigenvalue weighted by Crippen LogP contribution is -2.46. The third-order valence-corrected chi connectivity index (χ3v) is 6.06. The summed E-state index contributed by atoms with van der Waals surface area (Å²) in [6.07, 6.45) is 3.79. The van der Waals surface area contributed by atoms with Gasteiger partial charge in [-0.15, -0.1) is 11.6 Å². The maximum atomic E-state index is 12.4. The van der Waals surface area contributed by atoms with Crippen molar-refractivity contribution in [3.05, 3.63) is 29.3 Å². The van der Waals surface area contributed by atoms with Crippen LogP contribution in [0.5, 0.6) is 0 Å². The largest absolute Gasteiger partial charge is 0.241 e. The summed E-state index contributed by atoms with van der Waals surface area (Å²) in [7, 11) is -3.50. The summed E-state index contributed by atoms with van der Waals surface area (Å²) < 4.78 is 27.5. The molecule has 1 atom stereocenters. The fraction of sp³-hybridized carbons (Fsp3) is 0.571. The Balaban J connectivity index is 2.30. The highest BCUT2D eigenvalue weighted by Crippen LogP contribution is 2.25. The Morgan fingerprint density at radius 3 is 2.63 bits per heavy atom. The third-order valence-electron chi connectivity index (χ3n) is 3.84. The second-order valence-electron chi connectivity index (χ2n) is 5.44. The second-order valence-corrected chi connectivity index (χ2v) is 7.39. The average molecular weight is 302 g/mol. The van der Waals surface area contributed by atoms with Crippen molar-refractivity contribution >= 4 is 21.6 Å². The molecular formula is C14H20ClNO2S. The van der Waals surface area contributed by atoms with Gasteiger partial charge in [-0.05, 0) is 55.9 Å². The molecule has 5 heteroatoms. The molecule has 1 aromatic carbocycles. The molecule has 1 aliphatic carbocycles. The molecule has 106 valence electrons. The molecule has 0 fully saturated rings. The summed E-state index contributed by atoms with van der Waals surface area (Å²) in [6, 6.07) is 5.42. The van der Waals surface area contributed by atoms with E-state index in [1.807, 2.05) is 19.9 Å². The number of hydrogen-bond acceptors (Lipinski definition) is 2. The first-order valence-electron chi connectivity index (χ1n) is 6.62. The molecule has 0 saturated heterocycles. The average Bonchev–Trinajstić information content (AvgIpc) is 2.85. The maximum absolute atomic E-state index is 12.4. The van der Waals surface area contributed by atoms with Crippen LogP contribution in [0.25, 0.3) is 0 Å². The summed E-state index contributed by atoms with van der Waals surface area (Å²) in [5, 5.41) is 0. The highest BCUT2D eigenvalue weighted by Gasteiger charge is 2.28. The van der Waals surface area contributed by atoms with Crippen LogP contribution in [-0.2, 0) is 22.9 Å². The van der Waals surface area contributed by atoms with Gasteiger partial charge >= 0.3 is 0 Å². The molecule has 0 saturated carbocycles. The number of rotatable bonds is 5. The van der Waals surface area contributed by atoms with E-state index in [9.17, 15) is 8.42 Å². The molecule has 2 rings (SSSR count). The summed E-state index contributed by atoms with van der Waals surface area (Å²) in [5.74, 6) is 0.258. The number of nitrogens with one attached hydrogen (secondary N) is 1. The number of alkyl halides is 1. The Hall–Kier alpha value is -0.580. The van der Waals surface area contributed by atoms with Gasteiger partial charge in [-0.25, -0.2) is 13.1 Å². The van der Waals surface area contributed by atoms with Gasteiger partial charge in [0.15, 0.2) is 0 Å². The number of sulfonamides is 1. The normalized spacial score (nSPS) is 18.1. The molecular weight excluding hydrogens is 282 g/mol. The zero-order valence-corrected chi connectivity index (χ0v) is 12.9. The minimum absolute atomic E-state index is 0.258. The molecule has 0 amide bonds. The van der Waals surface area contributed by atoms with Crippen molar-refractivity contribution in [3.63, 3.8) is 0 Å². The highest BCUT2D eigenvalue weighted by atomic mass is 35.5. The molecule has 19 heavy (non-hydrogen) atoms. The Morgan fingerprint density at radius 2 is 2.00 bits per heavy atom. The van der Waals surface area contributed by atoms with E-state index < -0.39 is 15.6 Å². The van der Waals surface area contributed by atoms with E-state index >= 15 is 0 Å². The maximum Gasteiger partial charge on any atom is 0.241 e. The van der Waals surface area contributed by atoms with Crippen LogP contribution in [0.2, 0.25) is 0 Å². The molecule has 0 bridgehead atoms. The van der Waals surface area contributed by atoms with Gasteiger partial charge in [0, 0.05) is 11.4 Å². The molecule has 0 aromatic heterocycles.